The van der Waals surface area contributed by atoms with Crippen molar-refractivity contribution in [1.82, 2.24) is 0 Å². The summed E-state index contributed by atoms with van der Waals surface area (Å²) in [6.45, 7) is 0. The predicted molar refractivity (Wildman–Crippen MR) is 34.9 cm³/mol. The summed E-state index contributed by atoms with van der Waals surface area (Å²) in [5.74, 6) is 1.40. The SMILES string of the molecule is O=S1[CH-]S(=O)CCC1.[Li+]. The zero-order valence-electron chi connectivity index (χ0n) is 5.33. The Balaban J connectivity index is 0.000000640. The quantitative estimate of drug-likeness (QED) is 0.278. The molecule has 0 spiro atoms. The van der Waals surface area contributed by atoms with E-state index in [-0.39, 0.29) is 18.9 Å². The van der Waals surface area contributed by atoms with Crippen molar-refractivity contribution in [2.45, 2.75) is 6.42 Å². The molecule has 0 bridgehead atoms. The molecule has 5 heteroatoms. The molecular weight excluding hydrogens is 151 g/mol. The van der Waals surface area contributed by atoms with Gasteiger partial charge in [-0.2, -0.15) is 5.08 Å². The van der Waals surface area contributed by atoms with Gasteiger partial charge in [0, 0.05) is 0 Å². The molecule has 0 aromatic carbocycles. The molecule has 1 fully saturated rings. The standard InChI is InChI=1S/C4H7O2S2.Li/c5-7-2-1-3-8(6)4-7;/h4H,1-3H2;/q-1;+1. The molecule has 48 valence electrons. The molecule has 1 rings (SSSR count). The van der Waals surface area contributed by atoms with Gasteiger partial charge in [0.25, 0.3) is 0 Å². The van der Waals surface area contributed by atoms with Crippen LogP contribution in [0.2, 0.25) is 0 Å². The second kappa shape index (κ2) is 4.67. The summed E-state index contributed by atoms with van der Waals surface area (Å²) in [6, 6.07) is 0. The van der Waals surface area contributed by atoms with E-state index in [4.69, 9.17) is 0 Å². The second-order valence-corrected chi connectivity index (χ2v) is 4.73. The topological polar surface area (TPSA) is 34.1 Å². The molecule has 2 atom stereocenters. The van der Waals surface area contributed by atoms with Crippen LogP contribution in [0.5, 0.6) is 0 Å². The van der Waals surface area contributed by atoms with Crippen molar-refractivity contribution in [2.24, 2.45) is 0 Å². The minimum absolute atomic E-state index is 0. The summed E-state index contributed by atoms with van der Waals surface area (Å²) in [4.78, 5) is 0. The molecule has 1 saturated heterocycles. The molecular formula is C4H7LiO2S2. The maximum absolute atomic E-state index is 10.5. The first-order valence-electron chi connectivity index (χ1n) is 2.38. The van der Waals surface area contributed by atoms with Gasteiger partial charge in [-0.1, -0.05) is 0 Å². The zero-order chi connectivity index (χ0) is 5.98. The van der Waals surface area contributed by atoms with Crippen LogP contribution >= 0.6 is 0 Å². The fourth-order valence-corrected chi connectivity index (χ4v) is 3.33. The Kier molecular flexibility index (Phi) is 5.14. The Morgan fingerprint density at radius 3 is 1.78 bits per heavy atom. The van der Waals surface area contributed by atoms with Crippen molar-refractivity contribution >= 4 is 21.6 Å². The fraction of sp³-hybridized carbons (Fsp3) is 0.750. The van der Waals surface area contributed by atoms with Crippen molar-refractivity contribution in [1.29, 1.82) is 0 Å². The van der Waals surface area contributed by atoms with E-state index >= 15 is 0 Å². The summed E-state index contributed by atoms with van der Waals surface area (Å²) >= 11 is 0. The van der Waals surface area contributed by atoms with Crippen LogP contribution in [0, 0.1) is 5.08 Å². The molecule has 0 N–H and O–H groups in total. The number of rotatable bonds is 0. The minimum atomic E-state index is -0.895. The minimum Gasteiger partial charge on any atom is -0.293 e. The van der Waals surface area contributed by atoms with E-state index < -0.39 is 21.6 Å². The number of hydrogen-bond donors (Lipinski definition) is 0. The molecule has 0 aromatic heterocycles. The third-order valence-corrected chi connectivity index (χ3v) is 4.00. The molecule has 2 nitrogen and oxygen atoms in total. The molecule has 2 unspecified atom stereocenters. The predicted octanol–water partition coefficient (Wildman–Crippen LogP) is -2.99. The summed E-state index contributed by atoms with van der Waals surface area (Å²) in [7, 11) is -1.79. The molecule has 1 aliphatic rings. The Morgan fingerprint density at radius 2 is 1.56 bits per heavy atom. The van der Waals surface area contributed by atoms with Crippen LogP contribution in [0.4, 0.5) is 0 Å². The van der Waals surface area contributed by atoms with E-state index in [0.717, 1.165) is 6.42 Å². The fourth-order valence-electron chi connectivity index (χ4n) is 0.559. The van der Waals surface area contributed by atoms with Gasteiger partial charge >= 0.3 is 18.9 Å². The molecule has 0 amide bonds. The maximum atomic E-state index is 10.5. The third-order valence-electron chi connectivity index (χ3n) is 0.906. The van der Waals surface area contributed by atoms with Gasteiger partial charge in [-0.05, 0) is 17.9 Å². The van der Waals surface area contributed by atoms with Gasteiger partial charge in [-0.25, -0.2) is 0 Å². The summed E-state index contributed by atoms with van der Waals surface area (Å²) in [5, 5.41) is 1.42. The first-order chi connectivity index (χ1) is 3.79. The second-order valence-electron chi connectivity index (χ2n) is 1.62. The Morgan fingerprint density at radius 1 is 1.11 bits per heavy atom. The van der Waals surface area contributed by atoms with Gasteiger partial charge < -0.3 is 0 Å². The summed E-state index contributed by atoms with van der Waals surface area (Å²) < 4.78 is 21.1. The van der Waals surface area contributed by atoms with Crippen molar-refractivity contribution in [3.8, 4) is 0 Å². The van der Waals surface area contributed by atoms with Crippen LogP contribution in [0.15, 0.2) is 0 Å². The van der Waals surface area contributed by atoms with Crippen LogP contribution in [0.25, 0.3) is 0 Å². The largest absolute Gasteiger partial charge is 1.00 e. The van der Waals surface area contributed by atoms with Crippen LogP contribution in [0.1, 0.15) is 6.42 Å². The molecule has 9 heavy (non-hydrogen) atoms. The van der Waals surface area contributed by atoms with Crippen LogP contribution in [-0.4, -0.2) is 19.9 Å². The van der Waals surface area contributed by atoms with E-state index in [0.29, 0.717) is 11.5 Å². The summed E-state index contributed by atoms with van der Waals surface area (Å²) in [6.07, 6.45) is 0.843. The molecule has 0 saturated carbocycles. The van der Waals surface area contributed by atoms with Gasteiger partial charge in [0.2, 0.25) is 0 Å². The van der Waals surface area contributed by atoms with Gasteiger partial charge in [0.15, 0.2) is 0 Å². The molecule has 1 heterocycles. The van der Waals surface area contributed by atoms with E-state index in [2.05, 4.69) is 0 Å². The molecule has 1 aliphatic heterocycles. The van der Waals surface area contributed by atoms with Crippen LogP contribution < -0.4 is 18.9 Å². The Hall–Kier alpha value is 0.897. The van der Waals surface area contributed by atoms with E-state index in [1.54, 1.807) is 0 Å². The monoisotopic (exact) mass is 158 g/mol. The first kappa shape index (κ1) is 9.90. The smallest absolute Gasteiger partial charge is 0.293 e. The maximum Gasteiger partial charge on any atom is 1.00 e. The van der Waals surface area contributed by atoms with Crippen molar-refractivity contribution in [3.05, 3.63) is 5.08 Å². The Labute approximate surface area is 71.9 Å². The molecule has 0 aliphatic carbocycles. The number of hydrogen-bond acceptors (Lipinski definition) is 2. The van der Waals surface area contributed by atoms with Crippen molar-refractivity contribution in [2.75, 3.05) is 11.5 Å². The van der Waals surface area contributed by atoms with E-state index in [1.165, 1.54) is 5.08 Å². The van der Waals surface area contributed by atoms with Crippen LogP contribution in [0.3, 0.4) is 0 Å². The Bertz CT molecular complexity index is 123. The first-order valence-corrected chi connectivity index (χ1v) is 5.15. The van der Waals surface area contributed by atoms with Crippen molar-refractivity contribution < 1.29 is 27.3 Å². The third kappa shape index (κ3) is 3.56. The van der Waals surface area contributed by atoms with E-state index in [9.17, 15) is 8.42 Å². The van der Waals surface area contributed by atoms with E-state index in [1.807, 2.05) is 0 Å². The molecule has 0 radical (unpaired) electrons. The molecule has 0 aromatic rings. The van der Waals surface area contributed by atoms with Gasteiger partial charge in [-0.3, -0.25) is 8.42 Å². The van der Waals surface area contributed by atoms with Gasteiger partial charge in [-0.15, -0.1) is 21.6 Å². The zero-order valence-corrected chi connectivity index (χ0v) is 6.96. The summed E-state index contributed by atoms with van der Waals surface area (Å²) in [5.41, 5.74) is 0. The average molecular weight is 158 g/mol. The van der Waals surface area contributed by atoms with Gasteiger partial charge in [0.05, 0.1) is 0 Å². The van der Waals surface area contributed by atoms with Gasteiger partial charge in [0.1, 0.15) is 0 Å². The van der Waals surface area contributed by atoms with Crippen LogP contribution in [-0.2, 0) is 21.6 Å². The average Bonchev–Trinajstić information content (AvgIpc) is 1.64. The normalized spacial score (nSPS) is 35.1. The van der Waals surface area contributed by atoms with Crippen molar-refractivity contribution in [3.63, 3.8) is 0 Å².